The zero-order valence-corrected chi connectivity index (χ0v) is 14.8. The minimum Gasteiger partial charge on any atom is -0.497 e. The molecular formula is C20H20N4O2. The predicted molar refractivity (Wildman–Crippen MR) is 101 cm³/mol. The second-order valence-electron chi connectivity index (χ2n) is 6.12. The van der Waals surface area contributed by atoms with Crippen molar-refractivity contribution in [2.45, 2.75) is 13.1 Å². The van der Waals surface area contributed by atoms with Gasteiger partial charge >= 0.3 is 0 Å². The average Bonchev–Trinajstić information content (AvgIpc) is 3.15. The molecule has 0 radical (unpaired) electrons. The molecule has 26 heavy (non-hydrogen) atoms. The fraction of sp³-hybridized carbons (Fsp3) is 0.200. The molecule has 0 saturated carbocycles. The first-order chi connectivity index (χ1) is 12.8. The van der Waals surface area contributed by atoms with Gasteiger partial charge in [0.2, 0.25) is 0 Å². The van der Waals surface area contributed by atoms with Gasteiger partial charge in [-0.1, -0.05) is 12.1 Å². The molecule has 1 N–H and O–H groups in total. The lowest BCUT2D eigenvalue weighted by molar-refractivity contribution is 0.399. The number of rotatable bonds is 5. The van der Waals surface area contributed by atoms with Gasteiger partial charge in [-0.15, -0.1) is 0 Å². The highest BCUT2D eigenvalue weighted by atomic mass is 16.5. The van der Waals surface area contributed by atoms with E-state index in [9.17, 15) is 0 Å². The van der Waals surface area contributed by atoms with Gasteiger partial charge < -0.3 is 14.4 Å². The van der Waals surface area contributed by atoms with Gasteiger partial charge in [0.05, 0.1) is 44.2 Å². The molecule has 0 atom stereocenters. The first-order valence-electron chi connectivity index (χ1n) is 8.39. The number of methoxy groups -OCH3 is 2. The molecule has 4 rings (SSSR count). The molecule has 0 spiro atoms. The van der Waals surface area contributed by atoms with Gasteiger partial charge in [0.25, 0.3) is 0 Å². The lowest BCUT2D eigenvalue weighted by Gasteiger charge is -2.24. The van der Waals surface area contributed by atoms with Crippen LogP contribution in [0, 0.1) is 0 Å². The van der Waals surface area contributed by atoms with Crippen molar-refractivity contribution in [1.82, 2.24) is 15.1 Å². The Labute approximate surface area is 152 Å². The Balaban J connectivity index is 1.51. The third-order valence-electron chi connectivity index (χ3n) is 4.41. The van der Waals surface area contributed by atoms with Crippen LogP contribution in [0.4, 0.5) is 5.69 Å². The van der Waals surface area contributed by atoms with Crippen molar-refractivity contribution in [3.8, 4) is 22.8 Å². The smallest absolute Gasteiger partial charge is 0.128 e. The number of fused-ring (bicyclic) bond motifs is 1. The molecule has 1 aliphatic heterocycles. The molecule has 6 heteroatoms. The number of para-hydroxylation sites is 1. The molecule has 0 amide bonds. The number of nitrogens with one attached hydrogen (secondary N) is 1. The quantitative estimate of drug-likeness (QED) is 0.762. The van der Waals surface area contributed by atoms with Crippen molar-refractivity contribution in [3.63, 3.8) is 0 Å². The highest BCUT2D eigenvalue weighted by Crippen LogP contribution is 2.30. The highest BCUT2D eigenvalue weighted by Gasteiger charge is 2.15. The van der Waals surface area contributed by atoms with Crippen LogP contribution in [-0.2, 0) is 13.1 Å². The van der Waals surface area contributed by atoms with E-state index < -0.39 is 0 Å². The van der Waals surface area contributed by atoms with E-state index in [4.69, 9.17) is 9.47 Å². The number of aromatic nitrogens is 2. The molecule has 0 saturated heterocycles. The normalized spacial score (nSPS) is 12.8. The number of aliphatic imine (C=N–C) groups is 1. The van der Waals surface area contributed by atoms with E-state index in [-0.39, 0.29) is 0 Å². The van der Waals surface area contributed by atoms with Crippen LogP contribution in [0.15, 0.2) is 53.5 Å². The van der Waals surface area contributed by atoms with Gasteiger partial charge in [-0.2, -0.15) is 5.10 Å². The minimum atomic E-state index is 0.697. The first kappa shape index (κ1) is 16.2. The molecule has 132 valence electrons. The highest BCUT2D eigenvalue weighted by molar-refractivity contribution is 5.69. The van der Waals surface area contributed by atoms with E-state index in [0.717, 1.165) is 46.2 Å². The van der Waals surface area contributed by atoms with Crippen molar-refractivity contribution in [1.29, 1.82) is 0 Å². The van der Waals surface area contributed by atoms with Crippen molar-refractivity contribution in [3.05, 3.63) is 59.8 Å². The number of hydrogen-bond acceptors (Lipinski definition) is 5. The Bertz CT molecular complexity index is 948. The third-order valence-corrected chi connectivity index (χ3v) is 4.41. The maximum absolute atomic E-state index is 5.42. The van der Waals surface area contributed by atoms with E-state index in [1.165, 1.54) is 0 Å². The maximum Gasteiger partial charge on any atom is 0.128 e. The number of hydrogen-bond donors (Lipinski definition) is 1. The Hall–Kier alpha value is -3.28. The second-order valence-corrected chi connectivity index (χ2v) is 6.12. The van der Waals surface area contributed by atoms with Crippen LogP contribution in [0.2, 0.25) is 0 Å². The van der Waals surface area contributed by atoms with Crippen molar-refractivity contribution >= 4 is 12.0 Å². The molecule has 0 bridgehead atoms. The summed E-state index contributed by atoms with van der Waals surface area (Å²) < 4.78 is 10.7. The van der Waals surface area contributed by atoms with Gasteiger partial charge in [-0.25, -0.2) is 4.99 Å². The summed E-state index contributed by atoms with van der Waals surface area (Å²) in [5.41, 5.74) is 5.00. The number of aromatic amines is 1. The van der Waals surface area contributed by atoms with Crippen LogP contribution in [0.1, 0.15) is 11.3 Å². The van der Waals surface area contributed by atoms with E-state index in [1.807, 2.05) is 54.9 Å². The minimum absolute atomic E-state index is 0.697. The van der Waals surface area contributed by atoms with Crippen LogP contribution < -0.4 is 9.47 Å². The van der Waals surface area contributed by atoms with E-state index in [2.05, 4.69) is 20.1 Å². The van der Waals surface area contributed by atoms with Gasteiger partial charge in [0.15, 0.2) is 0 Å². The Kier molecular flexibility index (Phi) is 4.31. The molecule has 2 heterocycles. The van der Waals surface area contributed by atoms with E-state index in [1.54, 1.807) is 14.2 Å². The standard InChI is InChI=1S/C20H20N4O2/c1-25-16-7-8-18-14(9-16)11-24(13-21-18)12-15-10-19(23-22-15)17-5-3-4-6-20(17)26-2/h3-10,13H,11-12H2,1-2H3,(H,22,23). The number of nitrogens with zero attached hydrogens (tertiary/aromatic N) is 3. The molecule has 1 aromatic heterocycles. The summed E-state index contributed by atoms with van der Waals surface area (Å²) in [5.74, 6) is 1.66. The van der Waals surface area contributed by atoms with Gasteiger partial charge in [-0.05, 0) is 36.4 Å². The molecular weight excluding hydrogens is 328 g/mol. The molecule has 0 fully saturated rings. The molecule has 0 unspecified atom stereocenters. The lowest BCUT2D eigenvalue weighted by Crippen LogP contribution is -2.23. The SMILES string of the molecule is COc1ccc2c(c1)CN(Cc1cc(-c3ccccc3OC)n[nH]1)C=N2. The Morgan fingerprint density at radius 3 is 2.81 bits per heavy atom. The summed E-state index contributed by atoms with van der Waals surface area (Å²) in [4.78, 5) is 6.67. The molecule has 6 nitrogen and oxygen atoms in total. The van der Waals surface area contributed by atoms with Gasteiger partial charge in [0, 0.05) is 17.7 Å². The predicted octanol–water partition coefficient (Wildman–Crippen LogP) is 3.77. The van der Waals surface area contributed by atoms with E-state index >= 15 is 0 Å². The van der Waals surface area contributed by atoms with Gasteiger partial charge in [-0.3, -0.25) is 5.10 Å². The van der Waals surface area contributed by atoms with Crippen LogP contribution in [0.5, 0.6) is 11.5 Å². The topological polar surface area (TPSA) is 62.7 Å². The summed E-state index contributed by atoms with van der Waals surface area (Å²) in [7, 11) is 3.35. The lowest BCUT2D eigenvalue weighted by atomic mass is 10.1. The third kappa shape index (κ3) is 3.13. The molecule has 0 aliphatic carbocycles. The fourth-order valence-corrected chi connectivity index (χ4v) is 3.10. The summed E-state index contributed by atoms with van der Waals surface area (Å²) in [5, 5.41) is 7.55. The first-order valence-corrected chi connectivity index (χ1v) is 8.39. The summed E-state index contributed by atoms with van der Waals surface area (Å²) in [6.07, 6.45) is 1.87. The monoisotopic (exact) mass is 348 g/mol. The van der Waals surface area contributed by atoms with Crippen LogP contribution in [0.3, 0.4) is 0 Å². The van der Waals surface area contributed by atoms with Gasteiger partial charge in [0.1, 0.15) is 11.5 Å². The fourth-order valence-electron chi connectivity index (χ4n) is 3.10. The van der Waals surface area contributed by atoms with Crippen LogP contribution in [-0.4, -0.2) is 35.7 Å². The largest absolute Gasteiger partial charge is 0.497 e. The van der Waals surface area contributed by atoms with E-state index in [0.29, 0.717) is 6.54 Å². The van der Waals surface area contributed by atoms with Crippen LogP contribution >= 0.6 is 0 Å². The maximum atomic E-state index is 5.42. The zero-order valence-electron chi connectivity index (χ0n) is 14.8. The summed E-state index contributed by atoms with van der Waals surface area (Å²) in [6.45, 7) is 1.47. The Morgan fingerprint density at radius 1 is 1.08 bits per heavy atom. The Morgan fingerprint density at radius 2 is 1.96 bits per heavy atom. The van der Waals surface area contributed by atoms with Crippen LogP contribution in [0.25, 0.3) is 11.3 Å². The summed E-state index contributed by atoms with van der Waals surface area (Å²) in [6, 6.07) is 15.9. The number of H-pyrrole nitrogens is 1. The molecule has 2 aromatic carbocycles. The number of benzene rings is 2. The second kappa shape index (κ2) is 6.92. The molecule has 1 aliphatic rings. The molecule has 3 aromatic rings. The van der Waals surface area contributed by atoms with Crippen molar-refractivity contribution < 1.29 is 9.47 Å². The number of ether oxygens (including phenoxy) is 2. The summed E-state index contributed by atoms with van der Waals surface area (Å²) >= 11 is 0. The average molecular weight is 348 g/mol. The van der Waals surface area contributed by atoms with Crippen molar-refractivity contribution in [2.75, 3.05) is 14.2 Å². The zero-order chi connectivity index (χ0) is 17.9. The van der Waals surface area contributed by atoms with Crippen molar-refractivity contribution in [2.24, 2.45) is 4.99 Å².